The number of piperidine rings is 1. The van der Waals surface area contributed by atoms with Gasteiger partial charge in [-0.05, 0) is 49.1 Å². The molecule has 10 heteroatoms. The zero-order valence-electron chi connectivity index (χ0n) is 19.6. The van der Waals surface area contributed by atoms with Gasteiger partial charge in [-0.1, -0.05) is 19.9 Å². The molecule has 1 aromatic carbocycles. The predicted molar refractivity (Wildman–Crippen MR) is 130 cm³/mol. The van der Waals surface area contributed by atoms with Crippen LogP contribution in [0.2, 0.25) is 0 Å². The number of benzene rings is 1. The molecule has 2 amide bonds. The summed E-state index contributed by atoms with van der Waals surface area (Å²) >= 11 is 0. The molecule has 0 bridgehead atoms. The Balaban J connectivity index is 1.66. The highest BCUT2D eigenvalue weighted by Crippen LogP contribution is 2.40. The van der Waals surface area contributed by atoms with Crippen LogP contribution in [-0.2, 0) is 26.2 Å². The molecule has 182 valence electrons. The number of nitrogens with one attached hydrogen (secondary N) is 1. The number of carbonyl (C=O) groups excluding carboxylic acids is 2. The predicted octanol–water partition coefficient (Wildman–Crippen LogP) is 2.13. The van der Waals surface area contributed by atoms with E-state index < -0.39 is 10.0 Å². The number of hydrogen-bond acceptors (Lipinski definition) is 6. The lowest BCUT2D eigenvalue weighted by Gasteiger charge is -2.45. The minimum atomic E-state index is -3.71. The number of aromatic nitrogens is 1. The quantitative estimate of drug-likeness (QED) is 0.615. The van der Waals surface area contributed by atoms with E-state index in [2.05, 4.69) is 15.2 Å². The number of nitrogens with zero attached hydrogens (tertiary/aromatic N) is 4. The van der Waals surface area contributed by atoms with E-state index in [-0.39, 0.29) is 29.3 Å². The first kappa shape index (κ1) is 24.2. The highest BCUT2D eigenvalue weighted by Gasteiger charge is 2.40. The van der Waals surface area contributed by atoms with E-state index >= 15 is 0 Å². The monoisotopic (exact) mass is 485 g/mol. The third-order valence-electron chi connectivity index (χ3n) is 6.46. The van der Waals surface area contributed by atoms with E-state index in [4.69, 9.17) is 0 Å². The van der Waals surface area contributed by atoms with Crippen LogP contribution in [0, 0.1) is 0 Å². The highest BCUT2D eigenvalue weighted by atomic mass is 32.2. The van der Waals surface area contributed by atoms with Crippen molar-refractivity contribution < 1.29 is 18.0 Å². The van der Waals surface area contributed by atoms with Gasteiger partial charge in [0.05, 0.1) is 16.3 Å². The molecule has 1 saturated heterocycles. The summed E-state index contributed by atoms with van der Waals surface area (Å²) in [7, 11) is -3.71. The lowest BCUT2D eigenvalue weighted by atomic mass is 9.96. The van der Waals surface area contributed by atoms with Crippen molar-refractivity contribution in [1.29, 1.82) is 0 Å². The largest absolute Gasteiger partial charge is 0.358 e. The average Bonchev–Trinajstić information content (AvgIpc) is 2.86. The molecule has 0 spiro atoms. The molecule has 3 heterocycles. The Kier molecular flexibility index (Phi) is 7.18. The van der Waals surface area contributed by atoms with Gasteiger partial charge >= 0.3 is 0 Å². The second kappa shape index (κ2) is 10.1. The number of pyridine rings is 1. The maximum Gasteiger partial charge on any atom is 0.250 e. The molecular weight excluding hydrogens is 454 g/mol. The van der Waals surface area contributed by atoms with Crippen LogP contribution in [0.3, 0.4) is 0 Å². The Hall–Kier alpha value is -2.98. The Bertz CT molecular complexity index is 1150. The number of carbonyl (C=O) groups is 2. The summed E-state index contributed by atoms with van der Waals surface area (Å²) < 4.78 is 27.7. The number of amides is 2. The van der Waals surface area contributed by atoms with Crippen LogP contribution in [0.25, 0.3) is 0 Å². The van der Waals surface area contributed by atoms with E-state index in [1.54, 1.807) is 50.5 Å². The Morgan fingerprint density at radius 1 is 1.18 bits per heavy atom. The van der Waals surface area contributed by atoms with Crippen molar-refractivity contribution in [2.24, 2.45) is 0 Å². The van der Waals surface area contributed by atoms with E-state index in [1.807, 2.05) is 6.07 Å². The Labute approximate surface area is 200 Å². The van der Waals surface area contributed by atoms with E-state index in [1.165, 1.54) is 9.21 Å². The number of anilines is 2. The van der Waals surface area contributed by atoms with E-state index in [0.717, 1.165) is 30.6 Å². The molecule has 1 fully saturated rings. The Morgan fingerprint density at radius 3 is 2.68 bits per heavy atom. The topological polar surface area (TPSA) is 103 Å². The van der Waals surface area contributed by atoms with Crippen molar-refractivity contribution in [3.63, 3.8) is 0 Å². The highest BCUT2D eigenvalue weighted by molar-refractivity contribution is 7.89. The smallest absolute Gasteiger partial charge is 0.250 e. The fraction of sp³-hybridized carbons (Fsp3) is 0.458. The van der Waals surface area contributed by atoms with Gasteiger partial charge in [-0.25, -0.2) is 8.42 Å². The number of rotatable bonds is 8. The van der Waals surface area contributed by atoms with Gasteiger partial charge in [-0.2, -0.15) is 4.31 Å². The number of hydrogen-bond donors (Lipinski definition) is 1. The van der Waals surface area contributed by atoms with Gasteiger partial charge in [-0.3, -0.25) is 19.5 Å². The van der Waals surface area contributed by atoms with Gasteiger partial charge in [0.25, 0.3) is 0 Å². The maximum absolute atomic E-state index is 13.5. The first-order valence-electron chi connectivity index (χ1n) is 11.7. The molecule has 9 nitrogen and oxygen atoms in total. The summed E-state index contributed by atoms with van der Waals surface area (Å²) in [5.74, 6) is -0.481. The van der Waals surface area contributed by atoms with Crippen LogP contribution in [0.15, 0.2) is 47.6 Å². The van der Waals surface area contributed by atoms with Crippen LogP contribution in [0.1, 0.15) is 38.7 Å². The molecule has 0 radical (unpaired) electrons. The van der Waals surface area contributed by atoms with Gasteiger partial charge in [0.2, 0.25) is 21.8 Å². The van der Waals surface area contributed by atoms with Gasteiger partial charge in [0.1, 0.15) is 12.6 Å². The van der Waals surface area contributed by atoms with Crippen molar-refractivity contribution in [3.05, 3.63) is 48.3 Å². The van der Waals surface area contributed by atoms with E-state index in [9.17, 15) is 18.0 Å². The lowest BCUT2D eigenvalue weighted by molar-refractivity contribution is -0.125. The van der Waals surface area contributed by atoms with Crippen LogP contribution in [-0.4, -0.2) is 61.7 Å². The molecule has 0 aliphatic carbocycles. The lowest BCUT2D eigenvalue weighted by Crippen LogP contribution is -2.57. The average molecular weight is 486 g/mol. The molecule has 1 unspecified atom stereocenters. The van der Waals surface area contributed by atoms with Crippen molar-refractivity contribution >= 4 is 33.2 Å². The summed E-state index contributed by atoms with van der Waals surface area (Å²) in [5.41, 5.74) is 2.11. The fourth-order valence-corrected chi connectivity index (χ4v) is 6.16. The molecule has 1 N–H and O–H groups in total. The summed E-state index contributed by atoms with van der Waals surface area (Å²) in [4.78, 5) is 34.0. The van der Waals surface area contributed by atoms with Crippen LogP contribution >= 0.6 is 0 Å². The van der Waals surface area contributed by atoms with Crippen LogP contribution in [0.5, 0.6) is 0 Å². The third kappa shape index (κ3) is 4.65. The first-order chi connectivity index (χ1) is 16.4. The number of sulfonamides is 1. The zero-order valence-corrected chi connectivity index (χ0v) is 20.4. The molecule has 1 atom stereocenters. The van der Waals surface area contributed by atoms with Crippen molar-refractivity contribution in [1.82, 2.24) is 14.6 Å². The van der Waals surface area contributed by atoms with Crippen molar-refractivity contribution in [3.8, 4) is 0 Å². The summed E-state index contributed by atoms with van der Waals surface area (Å²) in [5, 5.41) is 2.84. The SMILES string of the molecule is CCN(CC)S(=O)(=O)c1ccc2c(c1)N(CC(=O)NCc1cccnc1)C(=O)C1CCCCN21. The molecule has 0 saturated carbocycles. The second-order valence-electron chi connectivity index (χ2n) is 8.51. The van der Waals surface area contributed by atoms with Gasteiger partial charge < -0.3 is 10.2 Å². The minimum Gasteiger partial charge on any atom is -0.358 e. The molecule has 1 aromatic heterocycles. The molecule has 34 heavy (non-hydrogen) atoms. The Morgan fingerprint density at radius 2 is 1.97 bits per heavy atom. The van der Waals surface area contributed by atoms with Gasteiger partial charge in [0, 0.05) is 38.6 Å². The second-order valence-corrected chi connectivity index (χ2v) is 10.4. The standard InChI is InChI=1S/C24H31N5O4S/c1-3-27(4-2)34(32,33)19-10-11-20-22(14-19)29(24(31)21-9-5-6-13-28(20)21)17-23(30)26-16-18-8-7-12-25-15-18/h7-8,10-12,14-15,21H,3-6,9,13,16-17H2,1-2H3,(H,26,30). The maximum atomic E-state index is 13.5. The molecule has 2 aliphatic rings. The molecule has 4 rings (SSSR count). The molecule has 2 aromatic rings. The molecular formula is C24H31N5O4S. The van der Waals surface area contributed by atoms with Crippen molar-refractivity contribution in [2.75, 3.05) is 36.0 Å². The summed E-state index contributed by atoms with van der Waals surface area (Å²) in [6, 6.07) is 8.24. The van der Waals surface area contributed by atoms with Crippen LogP contribution in [0.4, 0.5) is 11.4 Å². The third-order valence-corrected chi connectivity index (χ3v) is 8.50. The van der Waals surface area contributed by atoms with E-state index in [0.29, 0.717) is 31.7 Å². The normalized spacial score (nSPS) is 18.0. The number of fused-ring (bicyclic) bond motifs is 3. The van der Waals surface area contributed by atoms with Crippen molar-refractivity contribution in [2.45, 2.75) is 50.6 Å². The summed E-state index contributed by atoms with van der Waals surface area (Å²) in [6.07, 6.45) is 5.96. The van der Waals surface area contributed by atoms with Gasteiger partial charge in [0.15, 0.2) is 0 Å². The summed E-state index contributed by atoms with van der Waals surface area (Å²) in [6.45, 7) is 5.14. The fourth-order valence-electron chi connectivity index (χ4n) is 4.68. The minimum absolute atomic E-state index is 0.124. The first-order valence-corrected chi connectivity index (χ1v) is 13.2. The van der Waals surface area contributed by atoms with Crippen LogP contribution < -0.4 is 15.1 Å². The zero-order chi connectivity index (χ0) is 24.3. The van der Waals surface area contributed by atoms with Gasteiger partial charge in [-0.15, -0.1) is 0 Å². The molecule has 2 aliphatic heterocycles.